The van der Waals surface area contributed by atoms with Crippen LogP contribution in [0.3, 0.4) is 0 Å². The second-order valence-corrected chi connectivity index (χ2v) is 8.85. The van der Waals surface area contributed by atoms with Crippen molar-refractivity contribution in [2.75, 3.05) is 24.2 Å². The van der Waals surface area contributed by atoms with Gasteiger partial charge in [-0.15, -0.1) is 0 Å². The summed E-state index contributed by atoms with van der Waals surface area (Å²) in [7, 11) is -2.30. The first-order valence-electron chi connectivity index (χ1n) is 9.08. The fourth-order valence-electron chi connectivity index (χ4n) is 3.48. The molecule has 0 fully saturated rings. The van der Waals surface area contributed by atoms with Gasteiger partial charge < -0.3 is 10.1 Å². The van der Waals surface area contributed by atoms with Gasteiger partial charge >= 0.3 is 0 Å². The Bertz CT molecular complexity index is 1030. The fraction of sp³-hybridized carbons (Fsp3) is 0.350. The largest absolute Gasteiger partial charge is 0.497 e. The molecule has 0 spiro atoms. The van der Waals surface area contributed by atoms with Crippen molar-refractivity contribution < 1.29 is 26.7 Å². The molecule has 2 aromatic rings. The average molecular weight is 424 g/mol. The van der Waals surface area contributed by atoms with E-state index >= 15 is 0 Å². The Morgan fingerprint density at radius 1 is 1.21 bits per heavy atom. The summed E-state index contributed by atoms with van der Waals surface area (Å²) in [5.41, 5.74) is 1.92. The molecule has 1 amide bonds. The number of nitrogens with one attached hydrogen (secondary N) is 1. The number of hydrogen-bond acceptors (Lipinski definition) is 4. The molecule has 156 valence electrons. The lowest BCUT2D eigenvalue weighted by molar-refractivity contribution is -0.120. The molecule has 2 aromatic carbocycles. The van der Waals surface area contributed by atoms with Crippen molar-refractivity contribution in [2.24, 2.45) is 0 Å². The van der Waals surface area contributed by atoms with E-state index in [2.05, 4.69) is 5.32 Å². The first-order valence-corrected chi connectivity index (χ1v) is 10.9. The van der Waals surface area contributed by atoms with E-state index in [-0.39, 0.29) is 11.7 Å². The molecular formula is C20H22F2N2O4S. The molecule has 1 atom stereocenters. The lowest BCUT2D eigenvalue weighted by Gasteiger charge is -2.28. The predicted octanol–water partition coefficient (Wildman–Crippen LogP) is 2.93. The molecule has 3 rings (SSSR count). The van der Waals surface area contributed by atoms with Crippen molar-refractivity contribution in [3.8, 4) is 5.75 Å². The summed E-state index contributed by atoms with van der Waals surface area (Å²) in [6.07, 6.45) is 3.35. The zero-order chi connectivity index (χ0) is 21.2. The minimum absolute atomic E-state index is 0.115. The molecule has 0 aromatic heterocycles. The van der Waals surface area contributed by atoms with Crippen LogP contribution >= 0.6 is 0 Å². The first-order chi connectivity index (χ1) is 13.7. The van der Waals surface area contributed by atoms with E-state index in [9.17, 15) is 22.0 Å². The molecule has 0 saturated carbocycles. The number of hydrogen-bond donors (Lipinski definition) is 1. The van der Waals surface area contributed by atoms with Gasteiger partial charge in [0.1, 0.15) is 12.3 Å². The maximum atomic E-state index is 13.6. The zero-order valence-corrected chi connectivity index (χ0v) is 16.9. The summed E-state index contributed by atoms with van der Waals surface area (Å²) < 4.78 is 57.0. The van der Waals surface area contributed by atoms with Crippen LogP contribution in [0.4, 0.5) is 14.5 Å². The molecular weight excluding hydrogens is 402 g/mol. The topological polar surface area (TPSA) is 75.7 Å². The summed E-state index contributed by atoms with van der Waals surface area (Å²) in [5.74, 6) is -2.08. The van der Waals surface area contributed by atoms with Gasteiger partial charge in [0.15, 0.2) is 11.6 Å². The fourth-order valence-corrected chi connectivity index (χ4v) is 4.33. The Balaban J connectivity index is 1.79. The van der Waals surface area contributed by atoms with Gasteiger partial charge in [0, 0.05) is 6.07 Å². The second kappa shape index (κ2) is 8.36. The highest BCUT2D eigenvalue weighted by Gasteiger charge is 2.26. The van der Waals surface area contributed by atoms with E-state index in [4.69, 9.17) is 4.74 Å². The molecule has 0 saturated heterocycles. The number of halogens is 2. The number of carbonyl (C=O) groups is 1. The summed E-state index contributed by atoms with van der Waals surface area (Å²) in [5, 5.41) is 2.86. The molecule has 0 heterocycles. The average Bonchev–Trinajstić information content (AvgIpc) is 2.67. The highest BCUT2D eigenvalue weighted by molar-refractivity contribution is 7.92. The Morgan fingerprint density at radius 3 is 2.62 bits per heavy atom. The number of benzene rings is 2. The first kappa shape index (κ1) is 21.0. The molecule has 1 N–H and O–H groups in total. The van der Waals surface area contributed by atoms with Crippen LogP contribution in [0.15, 0.2) is 36.4 Å². The number of sulfonamides is 1. The quantitative estimate of drug-likeness (QED) is 0.774. The third kappa shape index (κ3) is 4.84. The lowest BCUT2D eigenvalue weighted by Crippen LogP contribution is -2.42. The summed E-state index contributed by atoms with van der Waals surface area (Å²) in [4.78, 5) is 12.6. The van der Waals surface area contributed by atoms with Crippen LogP contribution in [0.1, 0.15) is 30.0 Å². The monoisotopic (exact) mass is 424 g/mol. The van der Waals surface area contributed by atoms with Crippen molar-refractivity contribution in [1.82, 2.24) is 5.32 Å². The number of carbonyl (C=O) groups excluding carboxylic acids is 1. The normalized spacial score (nSPS) is 16.1. The zero-order valence-electron chi connectivity index (χ0n) is 16.1. The van der Waals surface area contributed by atoms with E-state index < -0.39 is 34.1 Å². The molecule has 1 unspecified atom stereocenters. The number of anilines is 1. The Kier molecular flexibility index (Phi) is 6.07. The molecule has 29 heavy (non-hydrogen) atoms. The number of nitrogens with zero attached hydrogens (tertiary/aromatic N) is 1. The van der Waals surface area contributed by atoms with Gasteiger partial charge in [-0.25, -0.2) is 17.2 Å². The number of fused-ring (bicyclic) bond motifs is 1. The second-order valence-electron chi connectivity index (χ2n) is 6.95. The minimum Gasteiger partial charge on any atom is -0.497 e. The van der Waals surface area contributed by atoms with Crippen LogP contribution in [-0.2, 0) is 21.2 Å². The van der Waals surface area contributed by atoms with Crippen LogP contribution in [0.2, 0.25) is 0 Å². The number of rotatable bonds is 6. The number of methoxy groups -OCH3 is 1. The van der Waals surface area contributed by atoms with Crippen LogP contribution in [0, 0.1) is 11.6 Å². The maximum absolute atomic E-state index is 13.6. The van der Waals surface area contributed by atoms with E-state index in [1.54, 1.807) is 7.11 Å². The molecule has 0 radical (unpaired) electrons. The Labute approximate surface area is 168 Å². The Hall–Kier alpha value is -2.68. The minimum atomic E-state index is -3.89. The SMILES string of the molecule is COc1ccc2c(c1)CCCC2NC(=O)CN(c1ccc(F)c(F)c1)S(C)(=O)=O. The summed E-state index contributed by atoms with van der Waals surface area (Å²) in [6, 6.07) is 8.07. The highest BCUT2D eigenvalue weighted by atomic mass is 32.2. The molecule has 0 aliphatic heterocycles. The Morgan fingerprint density at radius 2 is 1.97 bits per heavy atom. The van der Waals surface area contributed by atoms with Gasteiger partial charge in [-0.2, -0.15) is 0 Å². The van der Waals surface area contributed by atoms with Crippen molar-refractivity contribution in [1.29, 1.82) is 0 Å². The van der Waals surface area contributed by atoms with Gasteiger partial charge in [0.25, 0.3) is 0 Å². The maximum Gasteiger partial charge on any atom is 0.241 e. The van der Waals surface area contributed by atoms with Crippen LogP contribution in [-0.4, -0.2) is 34.2 Å². The number of amides is 1. The number of aryl methyl sites for hydroxylation is 1. The van der Waals surface area contributed by atoms with E-state index in [1.165, 1.54) is 0 Å². The molecule has 1 aliphatic rings. The predicted molar refractivity (Wildman–Crippen MR) is 105 cm³/mol. The lowest BCUT2D eigenvalue weighted by atomic mass is 9.87. The van der Waals surface area contributed by atoms with E-state index in [1.807, 2.05) is 18.2 Å². The van der Waals surface area contributed by atoms with Crippen LogP contribution < -0.4 is 14.4 Å². The van der Waals surface area contributed by atoms with E-state index in [0.29, 0.717) is 0 Å². The van der Waals surface area contributed by atoms with Crippen LogP contribution in [0.25, 0.3) is 0 Å². The smallest absolute Gasteiger partial charge is 0.241 e. The standard InChI is InChI=1S/C20H22F2N2O4S/c1-28-15-7-8-16-13(10-15)4-3-5-19(16)23-20(25)12-24(29(2,26)27)14-6-9-17(21)18(22)11-14/h6-11,19H,3-5,12H2,1-2H3,(H,23,25). The molecule has 0 bridgehead atoms. The summed E-state index contributed by atoms with van der Waals surface area (Å²) >= 11 is 0. The third-order valence-corrected chi connectivity index (χ3v) is 6.02. The van der Waals surface area contributed by atoms with Gasteiger partial charge in [-0.05, 0) is 54.7 Å². The van der Waals surface area contributed by atoms with Crippen molar-refractivity contribution in [3.63, 3.8) is 0 Å². The van der Waals surface area contributed by atoms with Gasteiger partial charge in [-0.1, -0.05) is 6.07 Å². The molecule has 9 heteroatoms. The molecule has 1 aliphatic carbocycles. The van der Waals surface area contributed by atoms with Crippen molar-refractivity contribution >= 4 is 21.6 Å². The highest BCUT2D eigenvalue weighted by Crippen LogP contribution is 2.32. The van der Waals surface area contributed by atoms with Crippen molar-refractivity contribution in [2.45, 2.75) is 25.3 Å². The van der Waals surface area contributed by atoms with Crippen molar-refractivity contribution in [3.05, 3.63) is 59.2 Å². The van der Waals surface area contributed by atoms with Gasteiger partial charge in [0.2, 0.25) is 15.9 Å². The third-order valence-electron chi connectivity index (χ3n) is 4.88. The van der Waals surface area contributed by atoms with E-state index in [0.717, 1.165) is 64.9 Å². The number of ether oxygens (including phenoxy) is 1. The van der Waals surface area contributed by atoms with Crippen LogP contribution in [0.5, 0.6) is 5.75 Å². The van der Waals surface area contributed by atoms with Gasteiger partial charge in [0.05, 0.1) is 25.1 Å². The molecule has 6 nitrogen and oxygen atoms in total. The summed E-state index contributed by atoms with van der Waals surface area (Å²) in [6.45, 7) is -0.536. The van der Waals surface area contributed by atoms with Gasteiger partial charge in [-0.3, -0.25) is 9.10 Å².